The average molecular weight is 441 g/mol. The summed E-state index contributed by atoms with van der Waals surface area (Å²) < 4.78 is 0. The van der Waals surface area contributed by atoms with Crippen LogP contribution < -0.4 is 0 Å². The van der Waals surface area contributed by atoms with E-state index >= 15 is 0 Å². The zero-order chi connectivity index (χ0) is 23.5. The van der Waals surface area contributed by atoms with Gasteiger partial charge in [-0.15, -0.1) is 0 Å². The van der Waals surface area contributed by atoms with Crippen molar-refractivity contribution in [2.75, 3.05) is 0 Å². The Kier molecular flexibility index (Phi) is 6.27. The predicted molar refractivity (Wildman–Crippen MR) is 130 cm³/mol. The lowest BCUT2D eigenvalue weighted by Gasteiger charge is -2.13. The van der Waals surface area contributed by atoms with Gasteiger partial charge < -0.3 is 20.4 Å². The first-order chi connectivity index (χ1) is 15.8. The van der Waals surface area contributed by atoms with Gasteiger partial charge in [-0.25, -0.2) is 0 Å². The van der Waals surface area contributed by atoms with Gasteiger partial charge in [-0.05, 0) is 65.4 Å². The fourth-order valence-electron chi connectivity index (χ4n) is 4.16. The Hall–Kier alpha value is -3.92. The quantitative estimate of drug-likeness (QED) is 0.301. The van der Waals surface area contributed by atoms with Crippen molar-refractivity contribution in [2.45, 2.75) is 33.1 Å². The van der Waals surface area contributed by atoms with Crippen LogP contribution in [0.25, 0.3) is 0 Å². The normalized spacial score (nSPS) is 11.0. The molecule has 4 rings (SSSR count). The SMILES string of the molecule is Cc1ccc(O)c(Cc2cc(Cc3cccc(Cc4cc(C)ccc4O)c3O)ccc2O)c1. The summed E-state index contributed by atoms with van der Waals surface area (Å²) in [4.78, 5) is 0. The summed E-state index contributed by atoms with van der Waals surface area (Å²) in [6.45, 7) is 3.93. The van der Waals surface area contributed by atoms with E-state index in [-0.39, 0.29) is 23.0 Å². The number of aromatic hydroxyl groups is 4. The minimum atomic E-state index is 0.174. The number of hydrogen-bond acceptors (Lipinski definition) is 4. The van der Waals surface area contributed by atoms with Gasteiger partial charge in [0.2, 0.25) is 0 Å². The Morgan fingerprint density at radius 2 is 0.939 bits per heavy atom. The molecular formula is C29H28O4. The van der Waals surface area contributed by atoms with E-state index in [1.54, 1.807) is 18.2 Å². The lowest BCUT2D eigenvalue weighted by molar-refractivity contribution is 0.459. The van der Waals surface area contributed by atoms with Crippen LogP contribution in [0.15, 0.2) is 72.8 Å². The van der Waals surface area contributed by atoms with Crippen LogP contribution >= 0.6 is 0 Å². The first kappa shape index (κ1) is 22.3. The number of para-hydroxylation sites is 1. The molecule has 0 aliphatic rings. The van der Waals surface area contributed by atoms with E-state index in [0.717, 1.165) is 38.9 Å². The molecule has 0 bridgehead atoms. The summed E-state index contributed by atoms with van der Waals surface area (Å²) in [7, 11) is 0. The maximum absolute atomic E-state index is 10.9. The number of aryl methyl sites for hydroxylation is 2. The number of hydrogen-bond donors (Lipinski definition) is 4. The van der Waals surface area contributed by atoms with Crippen LogP contribution in [0, 0.1) is 13.8 Å². The van der Waals surface area contributed by atoms with Gasteiger partial charge in [0.1, 0.15) is 23.0 Å². The van der Waals surface area contributed by atoms with Crippen LogP contribution in [-0.2, 0) is 19.3 Å². The number of phenols is 4. The minimum Gasteiger partial charge on any atom is -0.508 e. The standard InChI is InChI=1S/C29H28O4/c1-18-6-9-26(30)23(12-18)16-22-5-3-4-21(29(22)33)14-20-8-11-28(32)25(15-20)17-24-13-19(2)7-10-27(24)31/h3-13,15,30-33H,14,16-17H2,1-2H3. The second kappa shape index (κ2) is 9.29. The zero-order valence-corrected chi connectivity index (χ0v) is 18.8. The van der Waals surface area contributed by atoms with Gasteiger partial charge in [-0.3, -0.25) is 0 Å². The highest BCUT2D eigenvalue weighted by atomic mass is 16.3. The van der Waals surface area contributed by atoms with Gasteiger partial charge in [0.05, 0.1) is 0 Å². The molecule has 168 valence electrons. The molecule has 0 aliphatic heterocycles. The van der Waals surface area contributed by atoms with Gasteiger partial charge in [0, 0.05) is 19.3 Å². The largest absolute Gasteiger partial charge is 0.508 e. The van der Waals surface area contributed by atoms with Crippen LogP contribution in [0.2, 0.25) is 0 Å². The Bertz CT molecular complexity index is 1310. The Balaban J connectivity index is 1.59. The molecule has 0 atom stereocenters. The number of phenolic OH excluding ortho intramolecular Hbond substituents is 4. The van der Waals surface area contributed by atoms with E-state index in [9.17, 15) is 20.4 Å². The van der Waals surface area contributed by atoms with Gasteiger partial charge in [-0.2, -0.15) is 0 Å². The van der Waals surface area contributed by atoms with E-state index in [0.29, 0.717) is 24.8 Å². The molecular weight excluding hydrogens is 412 g/mol. The lowest BCUT2D eigenvalue weighted by Crippen LogP contribution is -1.97. The summed E-state index contributed by atoms with van der Waals surface area (Å²) in [5, 5.41) is 41.7. The average Bonchev–Trinajstić information content (AvgIpc) is 2.78. The van der Waals surface area contributed by atoms with Crippen LogP contribution in [0.4, 0.5) is 0 Å². The van der Waals surface area contributed by atoms with Crippen molar-refractivity contribution in [3.63, 3.8) is 0 Å². The first-order valence-electron chi connectivity index (χ1n) is 11.0. The van der Waals surface area contributed by atoms with Crippen LogP contribution in [-0.4, -0.2) is 20.4 Å². The molecule has 0 aliphatic carbocycles. The highest BCUT2D eigenvalue weighted by molar-refractivity contribution is 5.49. The Morgan fingerprint density at radius 3 is 1.52 bits per heavy atom. The molecule has 0 spiro atoms. The molecule has 4 heteroatoms. The summed E-state index contributed by atoms with van der Waals surface area (Å²) in [5.41, 5.74) is 6.80. The molecule has 0 saturated carbocycles. The molecule has 4 nitrogen and oxygen atoms in total. The fraction of sp³-hybridized carbons (Fsp3) is 0.172. The van der Waals surface area contributed by atoms with Crippen LogP contribution in [0.5, 0.6) is 23.0 Å². The van der Waals surface area contributed by atoms with Crippen molar-refractivity contribution >= 4 is 0 Å². The Morgan fingerprint density at radius 1 is 0.485 bits per heavy atom. The highest BCUT2D eigenvalue weighted by Crippen LogP contribution is 2.32. The van der Waals surface area contributed by atoms with Crippen molar-refractivity contribution in [1.82, 2.24) is 0 Å². The lowest BCUT2D eigenvalue weighted by atomic mass is 9.94. The van der Waals surface area contributed by atoms with E-state index < -0.39 is 0 Å². The van der Waals surface area contributed by atoms with Crippen molar-refractivity contribution in [3.8, 4) is 23.0 Å². The minimum absolute atomic E-state index is 0.174. The molecule has 33 heavy (non-hydrogen) atoms. The molecule has 4 aromatic rings. The van der Waals surface area contributed by atoms with Gasteiger partial charge in [0.25, 0.3) is 0 Å². The molecule has 0 heterocycles. The Labute approximate surface area is 194 Å². The van der Waals surface area contributed by atoms with Crippen molar-refractivity contribution in [3.05, 3.63) is 117 Å². The summed E-state index contributed by atoms with van der Waals surface area (Å²) >= 11 is 0. The van der Waals surface area contributed by atoms with E-state index in [1.165, 1.54) is 0 Å². The summed E-state index contributed by atoms with van der Waals surface area (Å²) in [6.07, 6.45) is 1.33. The van der Waals surface area contributed by atoms with E-state index in [4.69, 9.17) is 0 Å². The second-order valence-corrected chi connectivity index (χ2v) is 8.68. The third-order valence-corrected chi connectivity index (χ3v) is 5.97. The maximum Gasteiger partial charge on any atom is 0.122 e. The second-order valence-electron chi connectivity index (χ2n) is 8.68. The van der Waals surface area contributed by atoms with E-state index in [2.05, 4.69) is 0 Å². The van der Waals surface area contributed by atoms with Crippen LogP contribution in [0.1, 0.15) is 44.5 Å². The van der Waals surface area contributed by atoms with Gasteiger partial charge in [-0.1, -0.05) is 65.7 Å². The maximum atomic E-state index is 10.9. The molecule has 0 amide bonds. The third-order valence-electron chi connectivity index (χ3n) is 5.97. The molecule has 4 N–H and O–H groups in total. The monoisotopic (exact) mass is 440 g/mol. The first-order valence-corrected chi connectivity index (χ1v) is 11.0. The smallest absolute Gasteiger partial charge is 0.122 e. The molecule has 0 radical (unpaired) electrons. The summed E-state index contributed by atoms with van der Waals surface area (Å²) in [6, 6.07) is 21.9. The number of benzene rings is 4. The van der Waals surface area contributed by atoms with Gasteiger partial charge >= 0.3 is 0 Å². The van der Waals surface area contributed by atoms with Crippen molar-refractivity contribution in [1.29, 1.82) is 0 Å². The third kappa shape index (κ3) is 5.12. The van der Waals surface area contributed by atoms with Crippen LogP contribution in [0.3, 0.4) is 0 Å². The zero-order valence-electron chi connectivity index (χ0n) is 18.8. The summed E-state index contributed by atoms with van der Waals surface area (Å²) in [5.74, 6) is 0.806. The molecule has 0 unspecified atom stereocenters. The fourth-order valence-corrected chi connectivity index (χ4v) is 4.16. The highest BCUT2D eigenvalue weighted by Gasteiger charge is 2.13. The predicted octanol–water partition coefficient (Wildman–Crippen LogP) is 5.90. The topological polar surface area (TPSA) is 80.9 Å². The molecule has 4 aromatic carbocycles. The molecule has 0 fully saturated rings. The van der Waals surface area contributed by atoms with Crippen molar-refractivity contribution in [2.24, 2.45) is 0 Å². The van der Waals surface area contributed by atoms with E-state index in [1.807, 2.05) is 68.4 Å². The van der Waals surface area contributed by atoms with Gasteiger partial charge in [0.15, 0.2) is 0 Å². The van der Waals surface area contributed by atoms with Crippen molar-refractivity contribution < 1.29 is 20.4 Å². The molecule has 0 saturated heterocycles. The molecule has 0 aromatic heterocycles. The number of rotatable bonds is 6.